The minimum Gasteiger partial charge on any atom is -0.465 e. The largest absolute Gasteiger partial charge is 0.465 e. The van der Waals surface area contributed by atoms with Gasteiger partial charge in [-0.25, -0.2) is 4.79 Å². The molecule has 0 aliphatic heterocycles. The normalized spacial score (nSPS) is 20.9. The number of hydrogen-bond acceptors (Lipinski definition) is 3. The van der Waals surface area contributed by atoms with Crippen molar-refractivity contribution in [3.8, 4) is 0 Å². The Morgan fingerprint density at radius 2 is 2.05 bits per heavy atom. The molecule has 1 atom stereocenters. The molecule has 0 saturated heterocycles. The van der Waals surface area contributed by atoms with Crippen LogP contribution in [-0.4, -0.2) is 19.0 Å². The van der Waals surface area contributed by atoms with Gasteiger partial charge in [-0.05, 0) is 48.9 Å². The molecule has 1 amide bonds. The maximum Gasteiger partial charge on any atom is 0.337 e. The summed E-state index contributed by atoms with van der Waals surface area (Å²) in [7, 11) is 1.38. The summed E-state index contributed by atoms with van der Waals surface area (Å²) < 4.78 is 4.75. The van der Waals surface area contributed by atoms with Crippen molar-refractivity contribution in [2.45, 2.75) is 38.1 Å². The summed E-state index contributed by atoms with van der Waals surface area (Å²) in [6.07, 6.45) is 5.04. The summed E-state index contributed by atoms with van der Waals surface area (Å²) in [5.74, 6) is 0.0316. The van der Waals surface area contributed by atoms with Crippen LogP contribution < -0.4 is 5.32 Å². The quantitative estimate of drug-likeness (QED) is 0.860. The van der Waals surface area contributed by atoms with Crippen molar-refractivity contribution in [1.29, 1.82) is 0 Å². The van der Waals surface area contributed by atoms with Gasteiger partial charge in [0.05, 0.1) is 18.7 Å². The van der Waals surface area contributed by atoms with Crippen LogP contribution >= 0.6 is 0 Å². The summed E-state index contributed by atoms with van der Waals surface area (Å²) in [4.78, 5) is 23.7. The van der Waals surface area contributed by atoms with Gasteiger partial charge < -0.3 is 10.1 Å². The van der Waals surface area contributed by atoms with E-state index in [-0.39, 0.29) is 23.8 Å². The molecular weight excluding hydrogens is 254 g/mol. The maximum atomic E-state index is 12.1. The molecule has 2 aliphatic rings. The van der Waals surface area contributed by atoms with Crippen LogP contribution in [0.4, 0.5) is 0 Å². The standard InChI is InChI=1S/C16H19NO3/c1-20-16(19)12-6-5-10-7-8-14(13(10)9-12)17-15(18)11-3-2-4-11/h5-6,9,11,14H,2-4,7-8H2,1H3,(H,17,18). The minimum absolute atomic E-state index is 0.0442. The molecule has 2 aliphatic carbocycles. The highest BCUT2D eigenvalue weighted by molar-refractivity contribution is 5.89. The van der Waals surface area contributed by atoms with Crippen LogP contribution in [0.3, 0.4) is 0 Å². The summed E-state index contributed by atoms with van der Waals surface area (Å²) in [5, 5.41) is 3.13. The predicted molar refractivity (Wildman–Crippen MR) is 74.3 cm³/mol. The number of rotatable bonds is 3. The number of hydrogen-bond donors (Lipinski definition) is 1. The lowest BCUT2D eigenvalue weighted by molar-refractivity contribution is -0.128. The van der Waals surface area contributed by atoms with Crippen LogP contribution in [0.25, 0.3) is 0 Å². The highest BCUT2D eigenvalue weighted by Gasteiger charge is 2.30. The second-order valence-electron chi connectivity index (χ2n) is 5.63. The first kappa shape index (κ1) is 13.2. The van der Waals surface area contributed by atoms with Crippen LogP contribution in [0.1, 0.15) is 53.2 Å². The Kier molecular flexibility index (Phi) is 3.47. The first-order chi connectivity index (χ1) is 9.69. The second-order valence-corrected chi connectivity index (χ2v) is 5.63. The highest BCUT2D eigenvalue weighted by Crippen LogP contribution is 2.34. The number of carbonyl (C=O) groups is 2. The lowest BCUT2D eigenvalue weighted by Gasteiger charge is -2.26. The van der Waals surface area contributed by atoms with Crippen LogP contribution in [0.5, 0.6) is 0 Å². The molecule has 0 heterocycles. The van der Waals surface area contributed by atoms with Gasteiger partial charge in [0.15, 0.2) is 0 Å². The highest BCUT2D eigenvalue weighted by atomic mass is 16.5. The van der Waals surface area contributed by atoms with Crippen LogP contribution in [-0.2, 0) is 16.0 Å². The molecule has 1 aromatic rings. The van der Waals surface area contributed by atoms with Gasteiger partial charge in [-0.3, -0.25) is 4.79 Å². The van der Waals surface area contributed by atoms with Gasteiger partial charge in [0.1, 0.15) is 0 Å². The number of methoxy groups -OCH3 is 1. The fourth-order valence-electron chi connectivity index (χ4n) is 2.96. The van der Waals surface area contributed by atoms with Crippen molar-refractivity contribution in [3.63, 3.8) is 0 Å². The summed E-state index contributed by atoms with van der Waals surface area (Å²) in [6.45, 7) is 0. The van der Waals surface area contributed by atoms with E-state index in [0.717, 1.165) is 37.7 Å². The number of fused-ring (bicyclic) bond motifs is 1. The van der Waals surface area contributed by atoms with Crippen molar-refractivity contribution in [2.24, 2.45) is 5.92 Å². The van der Waals surface area contributed by atoms with Crippen molar-refractivity contribution < 1.29 is 14.3 Å². The fraction of sp³-hybridized carbons (Fsp3) is 0.500. The first-order valence-corrected chi connectivity index (χ1v) is 7.20. The first-order valence-electron chi connectivity index (χ1n) is 7.20. The molecule has 0 aromatic heterocycles. The van der Waals surface area contributed by atoms with Gasteiger partial charge in [-0.15, -0.1) is 0 Å². The molecule has 4 heteroatoms. The lowest BCUT2D eigenvalue weighted by Crippen LogP contribution is -2.36. The third-order valence-corrected chi connectivity index (χ3v) is 4.44. The number of aryl methyl sites for hydroxylation is 1. The van der Waals surface area contributed by atoms with Gasteiger partial charge in [0, 0.05) is 5.92 Å². The molecule has 1 fully saturated rings. The zero-order valence-electron chi connectivity index (χ0n) is 11.6. The molecule has 1 unspecified atom stereocenters. The SMILES string of the molecule is COC(=O)c1ccc2c(c1)C(NC(=O)C1CCC1)CC2. The van der Waals surface area contributed by atoms with E-state index in [1.807, 2.05) is 12.1 Å². The van der Waals surface area contributed by atoms with Crippen molar-refractivity contribution in [2.75, 3.05) is 7.11 Å². The average molecular weight is 273 g/mol. The van der Waals surface area contributed by atoms with Crippen LogP contribution in [0, 0.1) is 5.92 Å². The molecule has 20 heavy (non-hydrogen) atoms. The molecule has 106 valence electrons. The van der Waals surface area contributed by atoms with Crippen LogP contribution in [0.15, 0.2) is 18.2 Å². The summed E-state index contributed by atoms with van der Waals surface area (Å²) >= 11 is 0. The van der Waals surface area contributed by atoms with E-state index in [2.05, 4.69) is 5.32 Å². The number of esters is 1. The topological polar surface area (TPSA) is 55.4 Å². The zero-order valence-corrected chi connectivity index (χ0v) is 11.6. The van der Waals surface area contributed by atoms with Crippen molar-refractivity contribution in [3.05, 3.63) is 34.9 Å². The van der Waals surface area contributed by atoms with Gasteiger partial charge in [0.2, 0.25) is 5.91 Å². The van der Waals surface area contributed by atoms with Gasteiger partial charge >= 0.3 is 5.97 Å². The molecule has 0 bridgehead atoms. The molecule has 4 nitrogen and oxygen atoms in total. The van der Waals surface area contributed by atoms with Crippen molar-refractivity contribution >= 4 is 11.9 Å². The Bertz CT molecular complexity index is 549. The van der Waals surface area contributed by atoms with E-state index in [0.29, 0.717) is 5.56 Å². The van der Waals surface area contributed by atoms with E-state index < -0.39 is 0 Å². The van der Waals surface area contributed by atoms with Gasteiger partial charge in [-0.2, -0.15) is 0 Å². The molecule has 0 radical (unpaired) electrons. The van der Waals surface area contributed by atoms with Gasteiger partial charge in [0.25, 0.3) is 0 Å². The second kappa shape index (κ2) is 5.27. The molecule has 1 aromatic carbocycles. The molecule has 0 spiro atoms. The van der Waals surface area contributed by atoms with Gasteiger partial charge in [-0.1, -0.05) is 12.5 Å². The van der Waals surface area contributed by atoms with E-state index in [4.69, 9.17) is 4.74 Å². The Morgan fingerprint density at radius 1 is 1.25 bits per heavy atom. The zero-order chi connectivity index (χ0) is 14.1. The van der Waals surface area contributed by atoms with E-state index in [1.165, 1.54) is 12.7 Å². The monoisotopic (exact) mass is 273 g/mol. The molecule has 1 saturated carbocycles. The molecule has 1 N–H and O–H groups in total. The average Bonchev–Trinajstić information content (AvgIpc) is 2.78. The number of benzene rings is 1. The predicted octanol–water partition coefficient (Wildman–Crippen LogP) is 2.38. The summed E-state index contributed by atoms with van der Waals surface area (Å²) in [5.41, 5.74) is 2.84. The smallest absolute Gasteiger partial charge is 0.337 e. The third kappa shape index (κ3) is 2.30. The maximum absolute atomic E-state index is 12.1. The van der Waals surface area contributed by atoms with E-state index in [9.17, 15) is 9.59 Å². The number of carbonyl (C=O) groups excluding carboxylic acids is 2. The van der Waals surface area contributed by atoms with Crippen LogP contribution in [0.2, 0.25) is 0 Å². The number of amides is 1. The van der Waals surface area contributed by atoms with E-state index >= 15 is 0 Å². The Balaban J connectivity index is 1.77. The van der Waals surface area contributed by atoms with Crippen molar-refractivity contribution in [1.82, 2.24) is 5.32 Å². The Hall–Kier alpha value is -1.84. The fourth-order valence-corrected chi connectivity index (χ4v) is 2.96. The minimum atomic E-state index is -0.330. The Labute approximate surface area is 118 Å². The van der Waals surface area contributed by atoms with E-state index in [1.54, 1.807) is 6.07 Å². The number of nitrogens with one attached hydrogen (secondary N) is 1. The molecular formula is C16H19NO3. The molecule has 3 rings (SSSR count). The lowest BCUT2D eigenvalue weighted by atomic mass is 9.84. The third-order valence-electron chi connectivity index (χ3n) is 4.44. The number of ether oxygens (including phenoxy) is 1. The Morgan fingerprint density at radius 3 is 2.70 bits per heavy atom. The summed E-state index contributed by atoms with van der Waals surface area (Å²) in [6, 6.07) is 5.67.